The van der Waals surface area contributed by atoms with E-state index in [-0.39, 0.29) is 23.4 Å². The lowest BCUT2D eigenvalue weighted by Gasteiger charge is -2.30. The third-order valence-electron chi connectivity index (χ3n) is 6.92. The summed E-state index contributed by atoms with van der Waals surface area (Å²) < 4.78 is 0. The lowest BCUT2D eigenvalue weighted by molar-refractivity contribution is 0.0984. The van der Waals surface area contributed by atoms with Crippen molar-refractivity contribution in [1.82, 2.24) is 10.2 Å². The first-order chi connectivity index (χ1) is 15.7. The number of nitrogens with zero attached hydrogens (tertiary/aromatic N) is 3. The van der Waals surface area contributed by atoms with E-state index in [1.807, 2.05) is 35.2 Å². The van der Waals surface area contributed by atoms with E-state index in [0.717, 1.165) is 41.9 Å². The van der Waals surface area contributed by atoms with Crippen LogP contribution in [0.1, 0.15) is 55.1 Å². The topological polar surface area (TPSA) is 59.4 Å². The van der Waals surface area contributed by atoms with Gasteiger partial charge in [0.2, 0.25) is 0 Å². The first kappa shape index (κ1) is 23.4. The molecular weight excluding hydrogens is 432 g/mol. The number of nitriles is 1. The fourth-order valence-electron chi connectivity index (χ4n) is 5.07. The lowest BCUT2D eigenvalue weighted by Crippen LogP contribution is -2.44. The van der Waals surface area contributed by atoms with Crippen LogP contribution in [0.4, 0.5) is 5.69 Å². The van der Waals surface area contributed by atoms with Gasteiger partial charge in [-0.1, -0.05) is 56.3 Å². The number of carbonyl (C=O) groups excluding carboxylic acids is 1. The molecule has 1 unspecified atom stereocenters. The summed E-state index contributed by atoms with van der Waals surface area (Å²) in [5.74, 6) is -0.0397. The number of nitrogens with one attached hydrogen (secondary N) is 1. The molecule has 2 aliphatic heterocycles. The Morgan fingerprint density at radius 3 is 2.82 bits per heavy atom. The summed E-state index contributed by atoms with van der Waals surface area (Å²) in [5, 5.41) is 13.4. The van der Waals surface area contributed by atoms with Crippen molar-refractivity contribution in [1.29, 1.82) is 5.26 Å². The second-order valence-electron chi connectivity index (χ2n) is 9.58. The van der Waals surface area contributed by atoms with E-state index in [1.165, 1.54) is 0 Å². The quantitative estimate of drug-likeness (QED) is 0.648. The van der Waals surface area contributed by atoms with Crippen molar-refractivity contribution >= 4 is 23.2 Å². The van der Waals surface area contributed by atoms with Crippen LogP contribution in [0, 0.1) is 11.3 Å². The molecule has 0 aliphatic carbocycles. The molecule has 2 aliphatic rings. The molecule has 0 bridgehead atoms. The van der Waals surface area contributed by atoms with Crippen LogP contribution in [0.3, 0.4) is 0 Å². The summed E-state index contributed by atoms with van der Waals surface area (Å²) in [6.07, 6.45) is 1.91. The molecule has 0 saturated carbocycles. The number of likely N-dealkylation sites (tertiary alicyclic amines) is 1. The van der Waals surface area contributed by atoms with E-state index in [1.54, 1.807) is 6.07 Å². The van der Waals surface area contributed by atoms with Crippen LogP contribution in [0.25, 0.3) is 0 Å². The largest absolute Gasteiger partial charge is 0.358 e. The van der Waals surface area contributed by atoms with Crippen molar-refractivity contribution in [2.24, 2.45) is 0 Å². The highest BCUT2D eigenvalue weighted by Crippen LogP contribution is 2.43. The van der Waals surface area contributed by atoms with Crippen molar-refractivity contribution in [2.75, 3.05) is 24.5 Å². The number of benzene rings is 2. The van der Waals surface area contributed by atoms with Crippen molar-refractivity contribution in [3.8, 4) is 6.07 Å². The van der Waals surface area contributed by atoms with Crippen molar-refractivity contribution in [3.05, 3.63) is 76.5 Å². The predicted molar refractivity (Wildman–Crippen MR) is 134 cm³/mol. The molecule has 33 heavy (non-hydrogen) atoms. The molecule has 4 rings (SSSR count). The average Bonchev–Trinajstić information content (AvgIpc) is 3.27. The Bertz CT molecular complexity index is 1120. The van der Waals surface area contributed by atoms with Gasteiger partial charge in [0, 0.05) is 53.1 Å². The molecule has 1 fully saturated rings. The highest BCUT2D eigenvalue weighted by Gasteiger charge is 2.37. The number of halogens is 1. The third kappa shape index (κ3) is 4.38. The second kappa shape index (κ2) is 9.21. The summed E-state index contributed by atoms with van der Waals surface area (Å²) in [4.78, 5) is 17.7. The van der Waals surface area contributed by atoms with Gasteiger partial charge in [-0.25, -0.2) is 0 Å². The predicted octanol–water partition coefficient (Wildman–Crippen LogP) is 5.11. The molecular formula is C27H31ClN4O. The minimum Gasteiger partial charge on any atom is -0.358 e. The van der Waals surface area contributed by atoms with Crippen LogP contribution in [-0.2, 0) is 5.41 Å². The Morgan fingerprint density at radius 1 is 1.30 bits per heavy atom. The van der Waals surface area contributed by atoms with Crippen LogP contribution in [-0.4, -0.2) is 42.5 Å². The van der Waals surface area contributed by atoms with E-state index in [4.69, 9.17) is 11.6 Å². The molecule has 6 heteroatoms. The van der Waals surface area contributed by atoms with Gasteiger partial charge in [0.15, 0.2) is 0 Å². The number of fused-ring (bicyclic) bond motifs is 2. The van der Waals surface area contributed by atoms with Crippen molar-refractivity contribution in [2.45, 2.75) is 51.1 Å². The molecule has 1 N–H and O–H groups in total. The SMILES string of the molecule is C=C(CN[C@@H](C)CN1C(=O)c2cc(Cl)ccc2C(C)(C)c2ccccc21)N1CCCC1C#N. The smallest absolute Gasteiger partial charge is 0.258 e. The first-order valence-electron chi connectivity index (χ1n) is 11.5. The van der Waals surface area contributed by atoms with Gasteiger partial charge >= 0.3 is 0 Å². The van der Waals surface area contributed by atoms with Gasteiger partial charge in [-0.2, -0.15) is 5.26 Å². The summed E-state index contributed by atoms with van der Waals surface area (Å²) in [7, 11) is 0. The molecule has 172 valence electrons. The fraction of sp³-hybridized carbons (Fsp3) is 0.407. The highest BCUT2D eigenvalue weighted by molar-refractivity contribution is 6.31. The van der Waals surface area contributed by atoms with E-state index in [2.05, 4.69) is 49.7 Å². The number of rotatable bonds is 6. The standard InChI is InChI=1S/C27H31ClN4O/c1-18(30-16-19(2)31-13-7-8-21(31)15-29)17-32-25-10-6-5-9-24(25)27(3,4)23-12-11-20(28)14-22(23)26(32)33/h5-6,9-12,14,18,21,30H,2,7-8,13,16-17H2,1,3-4H3/t18-,21?/m0/s1. The van der Waals surface area contributed by atoms with E-state index >= 15 is 0 Å². The Balaban J connectivity index is 1.58. The summed E-state index contributed by atoms with van der Waals surface area (Å²) >= 11 is 6.30. The Morgan fingerprint density at radius 2 is 2.06 bits per heavy atom. The molecule has 2 aromatic rings. The van der Waals surface area contributed by atoms with E-state index in [9.17, 15) is 10.1 Å². The van der Waals surface area contributed by atoms with Crippen LogP contribution in [0.15, 0.2) is 54.7 Å². The van der Waals surface area contributed by atoms with E-state index < -0.39 is 0 Å². The minimum absolute atomic E-state index is 0.0192. The molecule has 0 radical (unpaired) electrons. The van der Waals surface area contributed by atoms with Crippen molar-refractivity contribution in [3.63, 3.8) is 0 Å². The van der Waals surface area contributed by atoms with Crippen LogP contribution < -0.4 is 10.2 Å². The number of carbonyl (C=O) groups is 1. The van der Waals surface area contributed by atoms with Crippen LogP contribution >= 0.6 is 11.6 Å². The van der Waals surface area contributed by atoms with Gasteiger partial charge in [0.1, 0.15) is 6.04 Å². The monoisotopic (exact) mass is 462 g/mol. The maximum atomic E-state index is 13.8. The molecule has 5 nitrogen and oxygen atoms in total. The molecule has 2 heterocycles. The maximum absolute atomic E-state index is 13.8. The molecule has 0 aromatic heterocycles. The maximum Gasteiger partial charge on any atom is 0.258 e. The molecule has 2 atom stereocenters. The summed E-state index contributed by atoms with van der Waals surface area (Å²) in [5.41, 5.74) is 4.26. The normalized spacial score (nSPS) is 20.0. The third-order valence-corrected chi connectivity index (χ3v) is 7.15. The molecule has 1 amide bonds. The van der Waals surface area contributed by atoms with Crippen LogP contribution in [0.5, 0.6) is 0 Å². The summed E-state index contributed by atoms with van der Waals surface area (Å²) in [6, 6.07) is 16.1. The van der Waals surface area contributed by atoms with Gasteiger partial charge in [0.05, 0.1) is 6.07 Å². The van der Waals surface area contributed by atoms with Gasteiger partial charge in [-0.3, -0.25) is 4.79 Å². The van der Waals surface area contributed by atoms with E-state index in [0.29, 0.717) is 23.7 Å². The highest BCUT2D eigenvalue weighted by atomic mass is 35.5. The molecule has 0 spiro atoms. The second-order valence-corrected chi connectivity index (χ2v) is 10.0. The Labute approximate surface area is 201 Å². The van der Waals surface area contributed by atoms with Crippen LogP contribution in [0.2, 0.25) is 5.02 Å². The first-order valence-corrected chi connectivity index (χ1v) is 11.9. The van der Waals surface area contributed by atoms with Gasteiger partial charge in [-0.05, 0) is 49.1 Å². The lowest BCUT2D eigenvalue weighted by atomic mass is 9.76. The van der Waals surface area contributed by atoms with Gasteiger partial charge in [0.25, 0.3) is 5.91 Å². The van der Waals surface area contributed by atoms with Gasteiger partial charge < -0.3 is 15.1 Å². The number of hydrogen-bond acceptors (Lipinski definition) is 4. The number of amides is 1. The van der Waals surface area contributed by atoms with Gasteiger partial charge in [-0.15, -0.1) is 0 Å². The Kier molecular flexibility index (Phi) is 6.52. The number of para-hydroxylation sites is 1. The van der Waals surface area contributed by atoms with Crippen molar-refractivity contribution < 1.29 is 4.79 Å². The number of hydrogen-bond donors (Lipinski definition) is 1. The number of anilines is 1. The minimum atomic E-state index is -0.339. The molecule has 2 aromatic carbocycles. The average molecular weight is 463 g/mol. The zero-order valence-electron chi connectivity index (χ0n) is 19.6. The summed E-state index contributed by atoms with van der Waals surface area (Å²) in [6.45, 7) is 12.5. The molecule has 1 saturated heterocycles. The fourth-order valence-corrected chi connectivity index (χ4v) is 5.24. The zero-order valence-corrected chi connectivity index (χ0v) is 20.3. The Hall–Kier alpha value is -2.81. The zero-order chi connectivity index (χ0) is 23.8.